The maximum atomic E-state index is 12.9. The predicted molar refractivity (Wildman–Crippen MR) is 110 cm³/mol. The summed E-state index contributed by atoms with van der Waals surface area (Å²) in [7, 11) is -0.753. The summed E-state index contributed by atoms with van der Waals surface area (Å²) in [6.45, 7) is 6.71. The highest BCUT2D eigenvalue weighted by Crippen LogP contribution is 2.53. The van der Waals surface area contributed by atoms with Crippen LogP contribution in [0.1, 0.15) is 27.2 Å². The molecule has 1 unspecified atom stereocenters. The lowest BCUT2D eigenvalue weighted by molar-refractivity contribution is -0.144. The smallest absolute Gasteiger partial charge is 0.407 e. The van der Waals surface area contributed by atoms with E-state index in [-0.39, 0.29) is 32.2 Å². The van der Waals surface area contributed by atoms with Gasteiger partial charge in [-0.15, -0.1) is 0 Å². The lowest BCUT2D eigenvalue weighted by Gasteiger charge is -2.40. The molecule has 2 heterocycles. The van der Waals surface area contributed by atoms with Crippen LogP contribution in [0.3, 0.4) is 0 Å². The number of likely N-dealkylation sites (N-methyl/N-ethyl adjacent to an activating group) is 1. The van der Waals surface area contributed by atoms with Gasteiger partial charge >= 0.3 is 19.7 Å². The third kappa shape index (κ3) is 7.51. The molecule has 31 heavy (non-hydrogen) atoms. The summed E-state index contributed by atoms with van der Waals surface area (Å²) in [5.41, 5.74) is -0.783. The average molecular weight is 464 g/mol. The summed E-state index contributed by atoms with van der Waals surface area (Å²) < 4.78 is 33.4. The second-order valence-corrected chi connectivity index (χ2v) is 10.2. The van der Waals surface area contributed by atoms with E-state index in [1.165, 1.54) is 14.0 Å². The first-order valence-electron chi connectivity index (χ1n) is 10.1. The Hall–Kier alpha value is -1.56. The molecule has 0 aromatic rings. The number of methoxy groups -OCH3 is 1. The lowest BCUT2D eigenvalue weighted by atomic mass is 9.87. The van der Waals surface area contributed by atoms with Crippen molar-refractivity contribution in [3.63, 3.8) is 0 Å². The SMILES string of the molecule is COC(=O)[C@H](C)N[P@@]1(=O)OCC(C)(C)[C@H](C(=O)NCCC(=O)OCC2CN(C)CN2)O1. The Labute approximate surface area is 182 Å². The molecule has 0 spiro atoms. The van der Waals surface area contributed by atoms with E-state index in [0.717, 1.165) is 13.2 Å². The van der Waals surface area contributed by atoms with Gasteiger partial charge in [0.1, 0.15) is 12.6 Å². The summed E-state index contributed by atoms with van der Waals surface area (Å²) in [5, 5.41) is 8.29. The second kappa shape index (κ2) is 10.8. The Bertz CT molecular complexity index is 719. The zero-order chi connectivity index (χ0) is 23.2. The fraction of sp³-hybridized carbons (Fsp3) is 0.833. The molecule has 0 aromatic carbocycles. The van der Waals surface area contributed by atoms with Gasteiger partial charge in [0.25, 0.3) is 0 Å². The van der Waals surface area contributed by atoms with Gasteiger partial charge in [0.15, 0.2) is 6.10 Å². The topological polar surface area (TPSA) is 145 Å². The molecule has 3 N–H and O–H groups in total. The molecule has 0 radical (unpaired) electrons. The molecule has 2 rings (SSSR count). The third-order valence-electron chi connectivity index (χ3n) is 4.96. The van der Waals surface area contributed by atoms with Crippen LogP contribution in [-0.2, 0) is 37.5 Å². The average Bonchev–Trinajstić information content (AvgIpc) is 3.13. The van der Waals surface area contributed by atoms with Gasteiger partial charge in [-0.05, 0) is 14.0 Å². The molecule has 4 atom stereocenters. The van der Waals surface area contributed by atoms with Crippen molar-refractivity contribution >= 4 is 25.6 Å². The minimum Gasteiger partial charge on any atom is -0.468 e. The number of amides is 1. The van der Waals surface area contributed by atoms with Gasteiger partial charge in [0, 0.05) is 25.2 Å². The summed E-state index contributed by atoms with van der Waals surface area (Å²) in [6, 6.07) is -0.862. The molecule has 1 amide bonds. The van der Waals surface area contributed by atoms with Crippen LogP contribution in [-0.4, -0.2) is 88.1 Å². The van der Waals surface area contributed by atoms with Crippen molar-refractivity contribution in [2.75, 3.05) is 47.1 Å². The number of rotatable bonds is 9. The number of ether oxygens (including phenoxy) is 2. The molecular formula is C18H33N4O8P. The van der Waals surface area contributed by atoms with Gasteiger partial charge < -0.3 is 14.8 Å². The van der Waals surface area contributed by atoms with Crippen LogP contribution in [0.25, 0.3) is 0 Å². The number of hydrogen-bond acceptors (Lipinski definition) is 10. The number of esters is 2. The number of carbonyl (C=O) groups is 3. The quantitative estimate of drug-likeness (QED) is 0.303. The van der Waals surface area contributed by atoms with Gasteiger partial charge in [-0.3, -0.25) is 33.6 Å². The Morgan fingerprint density at radius 2 is 2.06 bits per heavy atom. The van der Waals surface area contributed by atoms with Gasteiger partial charge in [-0.2, -0.15) is 0 Å². The Kier molecular flexibility index (Phi) is 8.99. The van der Waals surface area contributed by atoms with Crippen molar-refractivity contribution in [1.82, 2.24) is 20.6 Å². The van der Waals surface area contributed by atoms with Crippen LogP contribution in [0.5, 0.6) is 0 Å². The fourth-order valence-electron chi connectivity index (χ4n) is 3.12. The molecule has 0 aliphatic carbocycles. The zero-order valence-corrected chi connectivity index (χ0v) is 19.5. The molecule has 2 aliphatic heterocycles. The van der Waals surface area contributed by atoms with E-state index in [4.69, 9.17) is 13.8 Å². The fourth-order valence-corrected chi connectivity index (χ4v) is 5.06. The molecule has 2 aliphatic rings. The van der Waals surface area contributed by atoms with Crippen LogP contribution in [0, 0.1) is 5.41 Å². The summed E-state index contributed by atoms with van der Waals surface area (Å²) >= 11 is 0. The largest absolute Gasteiger partial charge is 0.468 e. The monoisotopic (exact) mass is 464 g/mol. The van der Waals surface area contributed by atoms with E-state index < -0.39 is 43.2 Å². The molecular weight excluding hydrogens is 431 g/mol. The van der Waals surface area contributed by atoms with Gasteiger partial charge in [-0.1, -0.05) is 13.8 Å². The highest BCUT2D eigenvalue weighted by atomic mass is 31.2. The van der Waals surface area contributed by atoms with Gasteiger partial charge in [0.05, 0.1) is 26.2 Å². The van der Waals surface area contributed by atoms with Crippen LogP contribution in [0.15, 0.2) is 0 Å². The van der Waals surface area contributed by atoms with E-state index in [1.54, 1.807) is 13.8 Å². The van der Waals surface area contributed by atoms with Crippen molar-refractivity contribution in [2.24, 2.45) is 5.41 Å². The number of carbonyl (C=O) groups excluding carboxylic acids is 3. The molecule has 0 aromatic heterocycles. The normalized spacial score (nSPS) is 29.2. The molecule has 178 valence electrons. The van der Waals surface area contributed by atoms with Crippen molar-refractivity contribution in [1.29, 1.82) is 0 Å². The van der Waals surface area contributed by atoms with Crippen molar-refractivity contribution in [2.45, 2.75) is 45.4 Å². The zero-order valence-electron chi connectivity index (χ0n) is 18.6. The second-order valence-electron chi connectivity index (χ2n) is 8.44. The molecule has 0 bridgehead atoms. The Morgan fingerprint density at radius 1 is 1.35 bits per heavy atom. The first kappa shape index (κ1) is 25.7. The minimum absolute atomic E-state index is 0.00671. The van der Waals surface area contributed by atoms with Crippen molar-refractivity contribution in [3.05, 3.63) is 0 Å². The molecule has 0 saturated carbocycles. The van der Waals surface area contributed by atoms with E-state index in [2.05, 4.69) is 25.4 Å². The predicted octanol–water partition coefficient (Wildman–Crippen LogP) is -0.402. The summed E-state index contributed by atoms with van der Waals surface area (Å²) in [6.07, 6.45) is -1.12. The number of hydrogen-bond donors (Lipinski definition) is 3. The first-order valence-corrected chi connectivity index (χ1v) is 11.6. The Morgan fingerprint density at radius 3 is 2.68 bits per heavy atom. The van der Waals surface area contributed by atoms with Crippen LogP contribution in [0.2, 0.25) is 0 Å². The van der Waals surface area contributed by atoms with Crippen LogP contribution < -0.4 is 15.7 Å². The van der Waals surface area contributed by atoms with E-state index in [1.807, 2.05) is 7.05 Å². The van der Waals surface area contributed by atoms with Crippen molar-refractivity contribution < 1.29 is 37.5 Å². The lowest BCUT2D eigenvalue weighted by Crippen LogP contribution is -2.51. The highest BCUT2D eigenvalue weighted by molar-refractivity contribution is 7.51. The minimum atomic E-state index is -3.92. The van der Waals surface area contributed by atoms with Crippen molar-refractivity contribution in [3.8, 4) is 0 Å². The van der Waals surface area contributed by atoms with Gasteiger partial charge in [0.2, 0.25) is 5.91 Å². The van der Waals surface area contributed by atoms with Crippen LogP contribution >= 0.6 is 7.75 Å². The molecule has 2 saturated heterocycles. The summed E-state index contributed by atoms with van der Waals surface area (Å²) in [4.78, 5) is 38.2. The Balaban J connectivity index is 1.82. The summed E-state index contributed by atoms with van der Waals surface area (Å²) in [5.74, 6) is -1.61. The third-order valence-corrected chi connectivity index (χ3v) is 6.62. The van der Waals surface area contributed by atoms with E-state index >= 15 is 0 Å². The maximum absolute atomic E-state index is 12.9. The number of nitrogens with zero attached hydrogens (tertiary/aromatic N) is 1. The highest BCUT2D eigenvalue weighted by Gasteiger charge is 2.48. The van der Waals surface area contributed by atoms with Gasteiger partial charge in [-0.25, -0.2) is 9.65 Å². The first-order chi connectivity index (χ1) is 14.5. The van der Waals surface area contributed by atoms with E-state index in [0.29, 0.717) is 0 Å². The van der Waals surface area contributed by atoms with E-state index in [9.17, 15) is 18.9 Å². The molecule has 12 nitrogen and oxygen atoms in total. The van der Waals surface area contributed by atoms with Crippen LogP contribution in [0.4, 0.5) is 0 Å². The standard InChI is InChI=1S/C18H33N4O8P/c1-12(17(25)27-5)21-31(26)29-10-18(2,3)15(30-31)16(24)19-7-6-14(23)28-9-13-8-22(4)11-20-13/h12-13,15,20H,6-11H2,1-5H3,(H,19,24)(H,21,26)/t12-,13?,15-,31+/m0/s1. The molecule has 13 heteroatoms. The number of nitrogens with one attached hydrogen (secondary N) is 3. The molecule has 2 fully saturated rings. The maximum Gasteiger partial charge on any atom is 0.407 e.